The Kier molecular flexibility index (Phi) is 1.15. The molecule has 0 aliphatic carbocycles. The van der Waals surface area contributed by atoms with Gasteiger partial charge in [0, 0.05) is 35.1 Å². The van der Waals surface area contributed by atoms with Gasteiger partial charge in [-0.15, -0.1) is 0 Å². The summed E-state index contributed by atoms with van der Waals surface area (Å²) in [6.45, 7) is 5.63. The van der Waals surface area contributed by atoms with E-state index in [0.717, 1.165) is 20.7 Å². The lowest BCUT2D eigenvalue weighted by Gasteiger charge is -2.52. The van der Waals surface area contributed by atoms with Crippen molar-refractivity contribution < 1.29 is 0 Å². The topological polar surface area (TPSA) is 6.48 Å². The second kappa shape index (κ2) is 1.94. The van der Waals surface area contributed by atoms with E-state index in [-0.39, 0.29) is 0 Å². The van der Waals surface area contributed by atoms with Crippen LogP contribution in [-0.4, -0.2) is 35.5 Å². The minimum Gasteiger partial charge on any atom is -0.272 e. The van der Waals surface area contributed by atoms with E-state index in [1.165, 1.54) is 32.6 Å². The van der Waals surface area contributed by atoms with Crippen molar-refractivity contribution in [1.82, 2.24) is 9.34 Å². The van der Waals surface area contributed by atoms with Crippen LogP contribution in [0.5, 0.6) is 0 Å². The summed E-state index contributed by atoms with van der Waals surface area (Å²) < 4.78 is 5.29. The molecule has 4 saturated heterocycles. The average molecular weight is 156 g/mol. The third-order valence-electron chi connectivity index (χ3n) is 2.86. The van der Waals surface area contributed by atoms with Crippen molar-refractivity contribution in [2.24, 2.45) is 11.8 Å². The Morgan fingerprint density at radius 2 is 1.40 bits per heavy atom. The van der Waals surface area contributed by atoms with Crippen LogP contribution in [0.1, 0.15) is 6.42 Å². The monoisotopic (exact) mass is 156 g/mol. The summed E-state index contributed by atoms with van der Waals surface area (Å²) in [4.78, 5) is 0. The minimum atomic E-state index is 1.04. The number of hydrogen-bond acceptors (Lipinski definition) is 2. The standard InChI is InChI=1S/C7H13N2P/c1-6-2-8-4-7(1)5-9(3-6)10-8/h6-7,10H,1-5H2. The van der Waals surface area contributed by atoms with Gasteiger partial charge in [0.15, 0.2) is 0 Å². The lowest BCUT2D eigenvalue weighted by atomic mass is 9.87. The van der Waals surface area contributed by atoms with Crippen LogP contribution in [0.25, 0.3) is 0 Å². The van der Waals surface area contributed by atoms with Gasteiger partial charge in [0.1, 0.15) is 0 Å². The summed E-state index contributed by atoms with van der Waals surface area (Å²) in [7, 11) is 1.04. The highest BCUT2D eigenvalue weighted by atomic mass is 31.1. The Labute approximate surface area is 63.5 Å². The quantitative estimate of drug-likeness (QED) is 0.478. The van der Waals surface area contributed by atoms with Crippen molar-refractivity contribution >= 4 is 8.88 Å². The Bertz CT molecular complexity index is 103. The van der Waals surface area contributed by atoms with Crippen molar-refractivity contribution in [3.63, 3.8) is 0 Å². The van der Waals surface area contributed by atoms with Crippen LogP contribution in [0.4, 0.5) is 0 Å². The van der Waals surface area contributed by atoms with Crippen LogP contribution in [-0.2, 0) is 0 Å². The SMILES string of the molecule is C1C2CN3CC1CN(C2)P3. The summed E-state index contributed by atoms with van der Waals surface area (Å²) in [6, 6.07) is 0. The van der Waals surface area contributed by atoms with Gasteiger partial charge in [-0.3, -0.25) is 9.34 Å². The maximum absolute atomic E-state index is 2.64. The van der Waals surface area contributed by atoms with Crippen molar-refractivity contribution in [3.05, 3.63) is 0 Å². The molecule has 0 N–H and O–H groups in total. The molecule has 4 fully saturated rings. The lowest BCUT2D eigenvalue weighted by molar-refractivity contribution is 0.0814. The second-order valence-electron chi connectivity index (χ2n) is 3.88. The molecule has 0 radical (unpaired) electrons. The van der Waals surface area contributed by atoms with Gasteiger partial charge in [0.25, 0.3) is 0 Å². The third-order valence-corrected chi connectivity index (χ3v) is 4.16. The van der Waals surface area contributed by atoms with Gasteiger partial charge >= 0.3 is 0 Å². The zero-order chi connectivity index (χ0) is 6.55. The first-order valence-corrected chi connectivity index (χ1v) is 5.06. The van der Waals surface area contributed by atoms with E-state index >= 15 is 0 Å². The smallest absolute Gasteiger partial charge is 0.0240 e. The minimum absolute atomic E-state index is 1.04. The lowest BCUT2D eigenvalue weighted by Crippen LogP contribution is -2.54. The molecule has 0 saturated carbocycles. The molecule has 0 unspecified atom stereocenters. The largest absolute Gasteiger partial charge is 0.272 e. The van der Waals surface area contributed by atoms with E-state index in [4.69, 9.17) is 0 Å². The van der Waals surface area contributed by atoms with E-state index in [1.807, 2.05) is 0 Å². The van der Waals surface area contributed by atoms with Gasteiger partial charge in [-0.25, -0.2) is 0 Å². The molecule has 0 aromatic rings. The number of hydrogen-bond donors (Lipinski definition) is 0. The Hall–Kier alpha value is 0.350. The summed E-state index contributed by atoms with van der Waals surface area (Å²) in [5.74, 6) is 2.07. The summed E-state index contributed by atoms with van der Waals surface area (Å²) >= 11 is 0. The number of rotatable bonds is 0. The third kappa shape index (κ3) is 0.761. The van der Waals surface area contributed by atoms with Gasteiger partial charge in [0.05, 0.1) is 0 Å². The van der Waals surface area contributed by atoms with Crippen LogP contribution in [0.2, 0.25) is 0 Å². The first-order valence-electron chi connectivity index (χ1n) is 4.16. The van der Waals surface area contributed by atoms with Crippen LogP contribution in [0.15, 0.2) is 0 Å². The van der Waals surface area contributed by atoms with E-state index < -0.39 is 0 Å². The van der Waals surface area contributed by atoms with Crippen LogP contribution < -0.4 is 0 Å². The zero-order valence-corrected chi connectivity index (χ0v) is 7.08. The van der Waals surface area contributed by atoms with Crippen molar-refractivity contribution in [1.29, 1.82) is 0 Å². The highest BCUT2D eigenvalue weighted by Crippen LogP contribution is 2.44. The molecule has 0 atom stereocenters. The summed E-state index contributed by atoms with van der Waals surface area (Å²) in [6.07, 6.45) is 1.53. The van der Waals surface area contributed by atoms with E-state index in [1.54, 1.807) is 0 Å². The van der Waals surface area contributed by atoms with Gasteiger partial charge in [-0.2, -0.15) is 0 Å². The zero-order valence-electron chi connectivity index (χ0n) is 6.08. The van der Waals surface area contributed by atoms with E-state index in [0.29, 0.717) is 0 Å². The predicted octanol–water partition coefficient (Wildman–Crippen LogP) is 0.762. The van der Waals surface area contributed by atoms with Gasteiger partial charge < -0.3 is 0 Å². The van der Waals surface area contributed by atoms with Crippen LogP contribution >= 0.6 is 8.88 Å². The fraction of sp³-hybridized carbons (Fsp3) is 1.00. The maximum atomic E-state index is 2.64. The molecule has 56 valence electrons. The fourth-order valence-corrected chi connectivity index (χ4v) is 4.40. The molecule has 2 nitrogen and oxygen atoms in total. The van der Waals surface area contributed by atoms with Crippen LogP contribution in [0.3, 0.4) is 0 Å². The van der Waals surface area contributed by atoms with Crippen molar-refractivity contribution in [3.8, 4) is 0 Å². The molecule has 3 heteroatoms. The van der Waals surface area contributed by atoms with Crippen molar-refractivity contribution in [2.45, 2.75) is 6.42 Å². The normalized spacial score (nSPS) is 60.0. The molecule has 0 aromatic carbocycles. The van der Waals surface area contributed by atoms with Crippen molar-refractivity contribution in [2.75, 3.05) is 26.2 Å². The first-order chi connectivity index (χ1) is 4.90. The molecule has 0 spiro atoms. The maximum Gasteiger partial charge on any atom is 0.0240 e. The molecule has 4 rings (SSSR count). The average Bonchev–Trinajstić information content (AvgIpc) is 1.82. The van der Waals surface area contributed by atoms with Gasteiger partial charge in [-0.1, -0.05) is 0 Å². The highest BCUT2D eigenvalue weighted by Gasteiger charge is 2.39. The molecule has 0 aromatic heterocycles. The first kappa shape index (κ1) is 5.93. The fourth-order valence-electron chi connectivity index (χ4n) is 2.64. The van der Waals surface area contributed by atoms with Gasteiger partial charge in [-0.05, 0) is 18.3 Å². The Balaban J connectivity index is 1.90. The molecule has 4 bridgehead atoms. The van der Waals surface area contributed by atoms with Crippen LogP contribution in [0, 0.1) is 11.8 Å². The molecule has 4 heterocycles. The second-order valence-corrected chi connectivity index (χ2v) is 5.34. The molecule has 10 heavy (non-hydrogen) atoms. The molecule has 4 aliphatic heterocycles. The summed E-state index contributed by atoms with van der Waals surface area (Å²) in [5, 5.41) is 0. The molecule has 0 amide bonds. The Morgan fingerprint density at radius 1 is 0.900 bits per heavy atom. The number of nitrogens with zero attached hydrogens (tertiary/aromatic N) is 2. The molecular weight excluding hydrogens is 143 g/mol. The highest BCUT2D eigenvalue weighted by molar-refractivity contribution is 7.32. The van der Waals surface area contributed by atoms with E-state index in [2.05, 4.69) is 9.34 Å². The Morgan fingerprint density at radius 3 is 1.80 bits per heavy atom. The molecular formula is C7H13N2P. The summed E-state index contributed by atoms with van der Waals surface area (Å²) in [5.41, 5.74) is 0. The number of piperidine rings is 2. The van der Waals surface area contributed by atoms with E-state index in [9.17, 15) is 0 Å². The van der Waals surface area contributed by atoms with Gasteiger partial charge in [0.2, 0.25) is 0 Å². The predicted molar refractivity (Wildman–Crippen MR) is 43.1 cm³/mol. The molecule has 4 aliphatic rings.